The van der Waals surface area contributed by atoms with Gasteiger partial charge in [0.15, 0.2) is 5.02 Å². The number of aromatic nitrogens is 2. The highest BCUT2D eigenvalue weighted by Gasteiger charge is 2.36. The molecule has 0 saturated heterocycles. The minimum atomic E-state index is -3.86. The highest BCUT2D eigenvalue weighted by molar-refractivity contribution is 7.93. The van der Waals surface area contributed by atoms with Gasteiger partial charge in [-0.3, -0.25) is 9.36 Å². The van der Waals surface area contributed by atoms with Crippen molar-refractivity contribution in [2.45, 2.75) is 13.5 Å². The van der Waals surface area contributed by atoms with Crippen LogP contribution in [-0.2, 0) is 26.7 Å². The molecule has 2 aromatic carbocycles. The van der Waals surface area contributed by atoms with Gasteiger partial charge in [-0.1, -0.05) is 11.6 Å². The molecular formula is C21H19ClF2N4O6S2. The topological polar surface area (TPSA) is 119 Å². The maximum atomic E-state index is 13.9. The normalized spacial score (nSPS) is 13.7. The number of hydrogen-bond donors (Lipinski definition) is 0. The van der Waals surface area contributed by atoms with E-state index in [4.69, 9.17) is 16.3 Å². The first-order valence-electron chi connectivity index (χ1n) is 10.1. The number of halogens is 3. The molecule has 1 aliphatic heterocycles. The molecule has 0 fully saturated rings. The molecule has 0 spiro atoms. The van der Waals surface area contributed by atoms with Crippen molar-refractivity contribution >= 4 is 43.0 Å². The second-order valence-corrected chi connectivity index (χ2v) is 12.2. The van der Waals surface area contributed by atoms with Crippen molar-refractivity contribution in [2.24, 2.45) is 0 Å². The van der Waals surface area contributed by atoms with Crippen molar-refractivity contribution < 1.29 is 30.4 Å². The largest absolute Gasteiger partial charge is 0.471 e. The first kappa shape index (κ1) is 25.9. The van der Waals surface area contributed by atoms with E-state index in [2.05, 4.69) is 4.98 Å². The first-order valence-corrected chi connectivity index (χ1v) is 14.2. The fraction of sp³-hybridized carbons (Fsp3) is 0.238. The molecule has 0 unspecified atom stereocenters. The van der Waals surface area contributed by atoms with Gasteiger partial charge < -0.3 is 4.74 Å². The third kappa shape index (κ3) is 4.75. The van der Waals surface area contributed by atoms with E-state index in [1.165, 1.54) is 31.2 Å². The van der Waals surface area contributed by atoms with E-state index in [1.807, 2.05) is 0 Å². The zero-order valence-electron chi connectivity index (χ0n) is 19.1. The van der Waals surface area contributed by atoms with E-state index >= 15 is 0 Å². The summed E-state index contributed by atoms with van der Waals surface area (Å²) in [6.45, 7) is 0.648. The predicted octanol–water partition coefficient (Wildman–Crippen LogP) is 2.55. The zero-order valence-corrected chi connectivity index (χ0v) is 21.5. The van der Waals surface area contributed by atoms with Crippen LogP contribution in [0.5, 0.6) is 5.88 Å². The molecular weight excluding hydrogens is 542 g/mol. The average molecular weight is 561 g/mol. The molecule has 1 aliphatic rings. The fourth-order valence-electron chi connectivity index (χ4n) is 3.66. The van der Waals surface area contributed by atoms with E-state index in [9.17, 15) is 30.4 Å². The third-order valence-corrected chi connectivity index (χ3v) is 7.91. The number of rotatable bonds is 6. The van der Waals surface area contributed by atoms with Crippen LogP contribution in [0.2, 0.25) is 5.02 Å². The zero-order chi connectivity index (χ0) is 26.6. The van der Waals surface area contributed by atoms with Gasteiger partial charge in [0.2, 0.25) is 25.9 Å². The fourth-order valence-corrected chi connectivity index (χ4v) is 5.58. The summed E-state index contributed by atoms with van der Waals surface area (Å²) in [5.74, 6) is -1.77. The van der Waals surface area contributed by atoms with Gasteiger partial charge in [-0.15, -0.1) is 0 Å². The molecule has 0 N–H and O–H groups in total. The van der Waals surface area contributed by atoms with Gasteiger partial charge in [0, 0.05) is 11.6 Å². The smallest absolute Gasteiger partial charge is 0.280 e. The van der Waals surface area contributed by atoms with Crippen molar-refractivity contribution in [3.05, 3.63) is 74.8 Å². The Morgan fingerprint density at radius 3 is 2.25 bits per heavy atom. The van der Waals surface area contributed by atoms with Crippen LogP contribution >= 0.6 is 11.6 Å². The van der Waals surface area contributed by atoms with Crippen molar-refractivity contribution in [2.75, 3.05) is 27.8 Å². The highest BCUT2D eigenvalue weighted by atomic mass is 35.5. The van der Waals surface area contributed by atoms with E-state index in [0.29, 0.717) is 6.07 Å². The summed E-state index contributed by atoms with van der Waals surface area (Å²) in [5.41, 5.74) is -0.396. The first-order chi connectivity index (χ1) is 16.7. The quantitative estimate of drug-likeness (QED) is 0.454. The molecule has 1 aromatic heterocycles. The lowest BCUT2D eigenvalue weighted by Gasteiger charge is -2.18. The second kappa shape index (κ2) is 9.01. The minimum absolute atomic E-state index is 0.0195. The van der Waals surface area contributed by atoms with Gasteiger partial charge in [0.25, 0.3) is 5.56 Å². The molecule has 0 bridgehead atoms. The Kier molecular flexibility index (Phi) is 6.47. The minimum Gasteiger partial charge on any atom is -0.471 e. The molecule has 0 amide bonds. The van der Waals surface area contributed by atoms with E-state index in [1.54, 1.807) is 0 Å². The lowest BCUT2D eigenvalue weighted by Crippen LogP contribution is -2.37. The van der Waals surface area contributed by atoms with Crippen LogP contribution in [0.3, 0.4) is 0 Å². The van der Waals surface area contributed by atoms with Gasteiger partial charge in [0.1, 0.15) is 30.7 Å². The molecule has 192 valence electrons. The van der Waals surface area contributed by atoms with Crippen molar-refractivity contribution in [3.8, 4) is 11.6 Å². The van der Waals surface area contributed by atoms with Crippen LogP contribution in [0.25, 0.3) is 5.69 Å². The summed E-state index contributed by atoms with van der Waals surface area (Å²) < 4.78 is 84.3. The molecule has 2 heterocycles. The van der Waals surface area contributed by atoms with Gasteiger partial charge in [-0.2, -0.15) is 4.98 Å². The predicted molar refractivity (Wildman–Crippen MR) is 130 cm³/mol. The monoisotopic (exact) mass is 560 g/mol. The number of sulfonamides is 2. The average Bonchev–Trinajstić information content (AvgIpc) is 3.16. The highest BCUT2D eigenvalue weighted by Crippen LogP contribution is 2.40. The summed E-state index contributed by atoms with van der Waals surface area (Å²) in [4.78, 5) is 17.2. The van der Waals surface area contributed by atoms with E-state index in [0.717, 1.165) is 31.8 Å². The number of fused-ring (bicyclic) bond motifs is 1. The maximum Gasteiger partial charge on any atom is 0.280 e. The molecule has 10 nitrogen and oxygen atoms in total. The molecule has 0 atom stereocenters. The van der Waals surface area contributed by atoms with Gasteiger partial charge in [-0.05, 0) is 37.3 Å². The second-order valence-electron chi connectivity index (χ2n) is 7.98. The number of benzene rings is 2. The molecule has 3 aromatic rings. The van der Waals surface area contributed by atoms with E-state index < -0.39 is 48.9 Å². The van der Waals surface area contributed by atoms with Crippen molar-refractivity contribution in [1.29, 1.82) is 0 Å². The summed E-state index contributed by atoms with van der Waals surface area (Å²) >= 11 is 6.18. The van der Waals surface area contributed by atoms with Crippen LogP contribution in [0.1, 0.15) is 11.4 Å². The Balaban J connectivity index is 1.75. The molecule has 0 saturated carbocycles. The van der Waals surface area contributed by atoms with Crippen LogP contribution in [-0.4, -0.2) is 45.6 Å². The lowest BCUT2D eigenvalue weighted by atomic mass is 10.2. The van der Waals surface area contributed by atoms with Crippen LogP contribution in [0.4, 0.5) is 20.2 Å². The standard InChI is InChI=1S/C21H19ClF2N4O6S2/c1-12-25-20(34-10-13-4-5-14(23)8-16(13)24)19(22)21(29)28(12)15-6-7-17-18(9-15)27(36(3,32)33)11-26(17)35(2,30)31/h4-9H,10-11H2,1-3H3. The van der Waals surface area contributed by atoms with E-state index in [-0.39, 0.29) is 40.9 Å². The Bertz CT molecular complexity index is 1660. The van der Waals surface area contributed by atoms with Crippen molar-refractivity contribution in [3.63, 3.8) is 0 Å². The third-order valence-electron chi connectivity index (χ3n) is 5.36. The molecule has 15 heteroatoms. The lowest BCUT2D eigenvalue weighted by molar-refractivity contribution is 0.285. The van der Waals surface area contributed by atoms with Crippen molar-refractivity contribution in [1.82, 2.24) is 9.55 Å². The number of aryl methyl sites for hydroxylation is 1. The number of hydrogen-bond acceptors (Lipinski definition) is 7. The summed E-state index contributed by atoms with van der Waals surface area (Å²) in [7, 11) is -7.65. The SMILES string of the molecule is Cc1nc(OCc2ccc(F)cc2F)c(Cl)c(=O)n1-c1ccc2c(c1)N(S(C)(=O)=O)CN2S(C)(=O)=O. The summed E-state index contributed by atoms with van der Waals surface area (Å²) in [6.07, 6.45) is 1.88. The maximum absolute atomic E-state index is 13.9. The number of anilines is 2. The van der Waals surface area contributed by atoms with Crippen LogP contribution < -0.4 is 18.9 Å². The van der Waals surface area contributed by atoms with Crippen LogP contribution in [0, 0.1) is 18.6 Å². The van der Waals surface area contributed by atoms with Crippen LogP contribution in [0.15, 0.2) is 41.2 Å². The Morgan fingerprint density at radius 2 is 1.64 bits per heavy atom. The number of nitrogens with zero attached hydrogens (tertiary/aromatic N) is 4. The number of ether oxygens (including phenoxy) is 1. The molecule has 0 aliphatic carbocycles. The Morgan fingerprint density at radius 1 is 1.00 bits per heavy atom. The molecule has 36 heavy (non-hydrogen) atoms. The summed E-state index contributed by atoms with van der Waals surface area (Å²) in [6, 6.07) is 7.06. The summed E-state index contributed by atoms with van der Waals surface area (Å²) in [5, 5.41) is -0.429. The Labute approximate surface area is 210 Å². The Hall–Kier alpha value is -3.23. The molecule has 0 radical (unpaired) electrons. The van der Waals surface area contributed by atoms with Gasteiger partial charge in [0.05, 0.1) is 29.6 Å². The van der Waals surface area contributed by atoms with Gasteiger partial charge in [-0.25, -0.2) is 34.2 Å². The van der Waals surface area contributed by atoms with Gasteiger partial charge >= 0.3 is 0 Å². The molecule has 4 rings (SSSR count).